The second kappa shape index (κ2) is 13.5. The fourth-order valence-electron chi connectivity index (χ4n) is 3.74. The predicted molar refractivity (Wildman–Crippen MR) is 156 cm³/mol. The van der Waals surface area contributed by atoms with Gasteiger partial charge in [-0.2, -0.15) is 4.98 Å². The maximum absolute atomic E-state index is 13.4. The Hall–Kier alpha value is -4.11. The molecule has 0 saturated carbocycles. The summed E-state index contributed by atoms with van der Waals surface area (Å²) in [6.45, 7) is 7.93. The van der Waals surface area contributed by atoms with Crippen LogP contribution in [0.2, 0.25) is 5.02 Å². The minimum Gasteiger partial charge on any atom is -0.495 e. The molecule has 0 aliphatic heterocycles. The van der Waals surface area contributed by atoms with Crippen LogP contribution in [0.15, 0.2) is 41.4 Å². The first kappa shape index (κ1) is 33.4. The number of hydrogen-bond acceptors (Lipinski definition) is 11. The zero-order valence-corrected chi connectivity index (χ0v) is 26.4. The number of amides is 2. The summed E-state index contributed by atoms with van der Waals surface area (Å²) < 4.78 is 46.6. The van der Waals surface area contributed by atoms with E-state index in [1.165, 1.54) is 36.0 Å². The molecule has 1 aromatic carbocycles. The van der Waals surface area contributed by atoms with Crippen molar-refractivity contribution < 1.29 is 41.7 Å². The molecule has 1 atom stereocenters. The number of nitrogens with one attached hydrogen (secondary N) is 1. The van der Waals surface area contributed by atoms with Crippen molar-refractivity contribution in [2.24, 2.45) is 5.92 Å². The van der Waals surface area contributed by atoms with Gasteiger partial charge in [0.05, 0.1) is 22.7 Å². The van der Waals surface area contributed by atoms with Gasteiger partial charge < -0.3 is 24.3 Å². The quantitative estimate of drug-likeness (QED) is 0.245. The summed E-state index contributed by atoms with van der Waals surface area (Å²) in [5, 5.41) is 7.13. The number of carbonyl (C=O) groups excluding carboxylic acids is 3. The van der Waals surface area contributed by atoms with Gasteiger partial charge >= 0.3 is 18.2 Å². The SMILES string of the molecule is COc1cc(S(C)(=O)=O)ccc1N(C(=O)OCOC(=O)[C@H](CC(C)C)NC(=O)OC(C)(C)C)c1nc2ccc(Cl)cn2n1. The van der Waals surface area contributed by atoms with Gasteiger partial charge in [0.15, 0.2) is 15.5 Å². The Morgan fingerprint density at radius 1 is 1.12 bits per heavy atom. The highest BCUT2D eigenvalue weighted by atomic mass is 35.5. The van der Waals surface area contributed by atoms with Crippen molar-refractivity contribution >= 4 is 56.9 Å². The number of fused-ring (bicyclic) bond motifs is 1. The van der Waals surface area contributed by atoms with Crippen molar-refractivity contribution in [2.75, 3.05) is 25.1 Å². The highest BCUT2D eigenvalue weighted by molar-refractivity contribution is 7.90. The first-order chi connectivity index (χ1) is 20.0. The molecule has 0 aliphatic carbocycles. The van der Waals surface area contributed by atoms with Crippen molar-refractivity contribution in [3.05, 3.63) is 41.6 Å². The Morgan fingerprint density at radius 3 is 2.42 bits per heavy atom. The number of halogens is 1. The van der Waals surface area contributed by atoms with E-state index in [0.717, 1.165) is 11.2 Å². The van der Waals surface area contributed by atoms with Gasteiger partial charge in [0, 0.05) is 18.5 Å². The average molecular weight is 640 g/mol. The highest BCUT2D eigenvalue weighted by Crippen LogP contribution is 2.35. The first-order valence-corrected chi connectivity index (χ1v) is 15.3. The Labute approximate surface area is 254 Å². The monoisotopic (exact) mass is 639 g/mol. The zero-order valence-electron chi connectivity index (χ0n) is 24.8. The van der Waals surface area contributed by atoms with Gasteiger partial charge in [-0.25, -0.2) is 32.2 Å². The molecule has 0 spiro atoms. The molecule has 0 saturated heterocycles. The normalized spacial score (nSPS) is 12.5. The van der Waals surface area contributed by atoms with E-state index in [2.05, 4.69) is 15.4 Å². The molecule has 2 amide bonds. The summed E-state index contributed by atoms with van der Waals surface area (Å²) in [5.74, 6) is -1.03. The fraction of sp³-hybridized carbons (Fsp3) is 0.444. The summed E-state index contributed by atoms with van der Waals surface area (Å²) in [7, 11) is -2.32. The van der Waals surface area contributed by atoms with Gasteiger partial charge in [-0.05, 0) is 57.4 Å². The van der Waals surface area contributed by atoms with E-state index in [-0.39, 0.29) is 34.6 Å². The maximum atomic E-state index is 13.4. The second-order valence-corrected chi connectivity index (χ2v) is 13.3. The maximum Gasteiger partial charge on any atom is 0.424 e. The van der Waals surface area contributed by atoms with Gasteiger partial charge in [-0.3, -0.25) is 0 Å². The molecular formula is C27H34ClN5O9S. The van der Waals surface area contributed by atoms with Crippen molar-refractivity contribution in [1.82, 2.24) is 19.9 Å². The second-order valence-electron chi connectivity index (χ2n) is 10.8. The largest absolute Gasteiger partial charge is 0.495 e. The lowest BCUT2D eigenvalue weighted by molar-refractivity contribution is -0.154. The van der Waals surface area contributed by atoms with Crippen LogP contribution >= 0.6 is 11.6 Å². The van der Waals surface area contributed by atoms with E-state index in [1.54, 1.807) is 32.9 Å². The molecule has 0 radical (unpaired) electrons. The molecule has 2 aromatic heterocycles. The molecule has 1 N–H and O–H groups in total. The molecule has 3 rings (SSSR count). The number of pyridine rings is 1. The molecule has 3 aromatic rings. The zero-order chi connectivity index (χ0) is 32.1. The third kappa shape index (κ3) is 9.19. The molecule has 234 valence electrons. The minimum absolute atomic E-state index is 0.00234. The van der Waals surface area contributed by atoms with E-state index in [9.17, 15) is 22.8 Å². The number of carbonyl (C=O) groups is 3. The number of esters is 1. The Bertz CT molecular complexity index is 1600. The Kier molecular flexibility index (Phi) is 10.5. The molecule has 16 heteroatoms. The van der Waals surface area contributed by atoms with Gasteiger partial charge in [0.1, 0.15) is 17.4 Å². The summed E-state index contributed by atoms with van der Waals surface area (Å²) in [6.07, 6.45) is 0.839. The summed E-state index contributed by atoms with van der Waals surface area (Å²) >= 11 is 6.06. The van der Waals surface area contributed by atoms with E-state index in [0.29, 0.717) is 10.7 Å². The molecule has 0 unspecified atom stereocenters. The van der Waals surface area contributed by atoms with Crippen LogP contribution in [0.1, 0.15) is 41.0 Å². The number of hydrogen-bond donors (Lipinski definition) is 1. The molecule has 14 nitrogen and oxygen atoms in total. The van der Waals surface area contributed by atoms with E-state index in [4.69, 9.17) is 30.5 Å². The van der Waals surface area contributed by atoms with Gasteiger partial charge in [0.2, 0.25) is 6.79 Å². The number of anilines is 2. The van der Waals surface area contributed by atoms with Crippen molar-refractivity contribution in [1.29, 1.82) is 0 Å². The van der Waals surface area contributed by atoms with E-state index < -0.39 is 46.4 Å². The van der Waals surface area contributed by atoms with Crippen LogP contribution in [-0.4, -0.2) is 73.0 Å². The number of nitrogens with zero attached hydrogens (tertiary/aromatic N) is 4. The summed E-state index contributed by atoms with van der Waals surface area (Å²) in [5.41, 5.74) is -0.412. The Balaban J connectivity index is 1.87. The van der Waals surface area contributed by atoms with Crippen molar-refractivity contribution in [2.45, 2.75) is 57.6 Å². The van der Waals surface area contributed by atoms with Crippen molar-refractivity contribution in [3.8, 4) is 5.75 Å². The fourth-order valence-corrected chi connectivity index (χ4v) is 4.53. The number of benzene rings is 1. The smallest absolute Gasteiger partial charge is 0.424 e. The molecule has 0 aliphatic rings. The third-order valence-electron chi connectivity index (χ3n) is 5.55. The molecular weight excluding hydrogens is 606 g/mol. The van der Waals surface area contributed by atoms with Crippen LogP contribution < -0.4 is 15.0 Å². The number of ether oxygens (including phenoxy) is 4. The van der Waals surface area contributed by atoms with Crippen LogP contribution in [0, 0.1) is 5.92 Å². The Morgan fingerprint density at radius 2 is 1.81 bits per heavy atom. The van der Waals surface area contributed by atoms with Crippen LogP contribution in [0.25, 0.3) is 5.65 Å². The highest BCUT2D eigenvalue weighted by Gasteiger charge is 2.30. The predicted octanol–water partition coefficient (Wildman–Crippen LogP) is 4.51. The topological polar surface area (TPSA) is 168 Å². The van der Waals surface area contributed by atoms with Crippen LogP contribution in [0.4, 0.5) is 21.2 Å². The number of aromatic nitrogens is 3. The van der Waals surface area contributed by atoms with E-state index in [1.807, 2.05) is 13.8 Å². The summed E-state index contributed by atoms with van der Waals surface area (Å²) in [6, 6.07) is 5.91. The average Bonchev–Trinajstić information content (AvgIpc) is 3.29. The number of rotatable bonds is 10. The molecule has 2 heterocycles. The first-order valence-electron chi connectivity index (χ1n) is 13.0. The van der Waals surface area contributed by atoms with Gasteiger partial charge in [-0.1, -0.05) is 25.4 Å². The minimum atomic E-state index is -3.61. The molecule has 0 fully saturated rings. The standard InChI is InChI=1S/C27H34ClN5O9S/c1-16(2)12-19(29-25(35)42-27(3,4)5)23(34)40-15-41-26(36)33(24-30-22-11-8-17(28)14-32(22)31-24)20-10-9-18(43(7,37)38)13-21(20)39-6/h8-11,13-14,16,19H,12,15H2,1-7H3,(H,29,35)/t19-/m0/s1. The lowest BCUT2D eigenvalue weighted by Crippen LogP contribution is -2.45. The number of methoxy groups -OCH3 is 1. The number of sulfone groups is 1. The van der Waals surface area contributed by atoms with Crippen LogP contribution in [0.3, 0.4) is 0 Å². The molecule has 0 bridgehead atoms. The van der Waals surface area contributed by atoms with Gasteiger partial charge in [0.25, 0.3) is 5.95 Å². The lowest BCUT2D eigenvalue weighted by Gasteiger charge is -2.24. The van der Waals surface area contributed by atoms with Crippen LogP contribution in [-0.2, 0) is 28.8 Å². The van der Waals surface area contributed by atoms with Gasteiger partial charge in [-0.15, -0.1) is 5.10 Å². The molecule has 43 heavy (non-hydrogen) atoms. The van der Waals surface area contributed by atoms with Crippen LogP contribution in [0.5, 0.6) is 5.75 Å². The summed E-state index contributed by atoms with van der Waals surface area (Å²) in [4.78, 5) is 43.8. The third-order valence-corrected chi connectivity index (χ3v) is 6.89. The lowest BCUT2D eigenvalue weighted by atomic mass is 10.0. The van der Waals surface area contributed by atoms with E-state index >= 15 is 0 Å². The van der Waals surface area contributed by atoms with Crippen molar-refractivity contribution in [3.63, 3.8) is 0 Å². The number of alkyl carbamates (subject to hydrolysis) is 1.